The van der Waals surface area contributed by atoms with Crippen molar-refractivity contribution < 1.29 is 28.7 Å². The molecule has 0 saturated carbocycles. The molecule has 11 heteroatoms. The third-order valence-electron chi connectivity index (χ3n) is 7.93. The number of nitrogens with zero attached hydrogens (tertiary/aromatic N) is 1. The van der Waals surface area contributed by atoms with E-state index >= 15 is 0 Å². The zero-order chi connectivity index (χ0) is 37.8. The monoisotopic (exact) mass is 697 g/mol. The summed E-state index contributed by atoms with van der Waals surface area (Å²) in [6.07, 6.45) is 0.928. The van der Waals surface area contributed by atoms with Crippen molar-refractivity contribution in [1.29, 1.82) is 0 Å². The van der Waals surface area contributed by atoms with E-state index in [0.29, 0.717) is 0 Å². The zero-order valence-corrected chi connectivity index (χ0v) is 30.5. The number of rotatable bonds is 15. The smallest absolute Gasteiger partial charge is 0.329 e. The van der Waals surface area contributed by atoms with Crippen LogP contribution in [0.4, 0.5) is 0 Å². The molecule has 0 spiro atoms. The minimum Gasteiger partial charge on any atom is -0.458 e. The molecule has 4 amide bonds. The molecule has 3 aromatic rings. The van der Waals surface area contributed by atoms with Crippen LogP contribution in [0, 0.1) is 11.8 Å². The Morgan fingerprint density at radius 3 is 1.63 bits per heavy atom. The number of hydrogen-bond donors (Lipinski definition) is 4. The summed E-state index contributed by atoms with van der Waals surface area (Å²) < 4.78 is 5.59. The molecule has 272 valence electrons. The number of ether oxygens (including phenoxy) is 1. The van der Waals surface area contributed by atoms with Crippen molar-refractivity contribution in [2.45, 2.75) is 90.6 Å². The van der Waals surface area contributed by atoms with Gasteiger partial charge in [-0.15, -0.1) is 0 Å². The van der Waals surface area contributed by atoms with E-state index in [1.807, 2.05) is 105 Å². The highest BCUT2D eigenvalue weighted by molar-refractivity contribution is 6.02. The number of nitrogens with one attached hydrogen (secondary N) is 3. The quantitative estimate of drug-likeness (QED) is 0.104. The van der Waals surface area contributed by atoms with Gasteiger partial charge in [-0.05, 0) is 63.6 Å². The predicted octanol–water partition coefficient (Wildman–Crippen LogP) is 4.42. The lowest BCUT2D eigenvalue weighted by Crippen LogP contribution is -2.50. The van der Waals surface area contributed by atoms with E-state index in [1.54, 1.807) is 20.8 Å². The molecule has 11 nitrogen and oxygen atoms in total. The first-order chi connectivity index (χ1) is 24.0. The Morgan fingerprint density at radius 1 is 0.745 bits per heavy atom. The molecular formula is C40H51N5O6. The lowest BCUT2D eigenvalue weighted by molar-refractivity contribution is -0.159. The molecule has 0 radical (unpaired) electrons. The summed E-state index contributed by atoms with van der Waals surface area (Å²) in [5.41, 5.74) is 5.99. The molecule has 0 aliphatic carbocycles. The number of nitrogens with two attached hydrogens (primary N) is 1. The molecule has 0 heterocycles. The normalized spacial score (nSPS) is 14.2. The van der Waals surface area contributed by atoms with Gasteiger partial charge in [-0.25, -0.2) is 9.79 Å². The number of aliphatic imine (C=N–C) groups is 1. The Bertz CT molecular complexity index is 1560. The van der Waals surface area contributed by atoms with Crippen LogP contribution in [0.25, 0.3) is 0 Å². The van der Waals surface area contributed by atoms with Crippen molar-refractivity contribution in [2.24, 2.45) is 22.6 Å². The fourth-order valence-electron chi connectivity index (χ4n) is 5.47. The van der Waals surface area contributed by atoms with Crippen molar-refractivity contribution in [3.05, 3.63) is 108 Å². The highest BCUT2D eigenvalue weighted by Gasteiger charge is 2.39. The molecule has 3 aromatic carbocycles. The maximum absolute atomic E-state index is 14.3. The van der Waals surface area contributed by atoms with Gasteiger partial charge in [0.2, 0.25) is 17.7 Å². The van der Waals surface area contributed by atoms with Gasteiger partial charge in [0.1, 0.15) is 23.2 Å². The zero-order valence-electron chi connectivity index (χ0n) is 30.5. The van der Waals surface area contributed by atoms with Gasteiger partial charge in [0, 0.05) is 12.6 Å². The van der Waals surface area contributed by atoms with Crippen molar-refractivity contribution in [1.82, 2.24) is 16.0 Å². The standard InChI is InChI=1S/C40H51N5O6/c1-26(2)23-33(38(50)51-39(5,6)7)44-37(49)29(25-42-36(48)28(4)43-35(47)27(3)41)24-34(46)45-40(30-17-11-8-12-18-30,31-19-13-9-14-20-31)32-21-15-10-16-22-32/h8-22,25-29,33H,23-24,41H2,1-7H3,(H,43,47)(H,44,49)(H,45,46)/b42-25+/t27-,28-,29?,33-/m0/s1. The minimum atomic E-state index is -1.29. The van der Waals surface area contributed by atoms with Gasteiger partial charge < -0.3 is 26.4 Å². The number of amides is 4. The van der Waals surface area contributed by atoms with E-state index in [0.717, 1.165) is 22.9 Å². The van der Waals surface area contributed by atoms with Crippen LogP contribution in [0.3, 0.4) is 0 Å². The second-order valence-corrected chi connectivity index (χ2v) is 14.1. The van der Waals surface area contributed by atoms with E-state index in [2.05, 4.69) is 20.9 Å². The Hall–Kier alpha value is -5.16. The van der Waals surface area contributed by atoms with E-state index in [-0.39, 0.29) is 12.3 Å². The Kier molecular flexibility index (Phi) is 14.4. The van der Waals surface area contributed by atoms with Gasteiger partial charge in [0.15, 0.2) is 0 Å². The predicted molar refractivity (Wildman–Crippen MR) is 197 cm³/mol. The molecule has 0 aliphatic heterocycles. The van der Waals surface area contributed by atoms with Crippen molar-refractivity contribution >= 4 is 35.8 Å². The van der Waals surface area contributed by atoms with Crippen molar-refractivity contribution in [3.63, 3.8) is 0 Å². The highest BCUT2D eigenvalue weighted by atomic mass is 16.6. The molecule has 0 aromatic heterocycles. The third kappa shape index (κ3) is 11.7. The molecule has 1 unspecified atom stereocenters. The minimum absolute atomic E-state index is 0.0115. The molecule has 3 rings (SSSR count). The Balaban J connectivity index is 2.05. The lowest BCUT2D eigenvalue weighted by Gasteiger charge is -2.37. The van der Waals surface area contributed by atoms with Crippen LogP contribution < -0.4 is 21.7 Å². The summed E-state index contributed by atoms with van der Waals surface area (Å²) in [5, 5.41) is 8.46. The van der Waals surface area contributed by atoms with Gasteiger partial charge in [0.25, 0.3) is 5.91 Å². The lowest BCUT2D eigenvalue weighted by atomic mass is 9.76. The maximum Gasteiger partial charge on any atom is 0.329 e. The summed E-state index contributed by atoms with van der Waals surface area (Å²) in [5.74, 6) is -4.42. The van der Waals surface area contributed by atoms with E-state index < -0.39 is 71.2 Å². The van der Waals surface area contributed by atoms with Crippen LogP contribution in [0.5, 0.6) is 0 Å². The van der Waals surface area contributed by atoms with E-state index in [1.165, 1.54) is 13.8 Å². The Morgan fingerprint density at radius 2 is 1.22 bits per heavy atom. The van der Waals surface area contributed by atoms with Gasteiger partial charge in [-0.3, -0.25) is 19.2 Å². The summed E-state index contributed by atoms with van der Waals surface area (Å²) in [6, 6.07) is 25.5. The first-order valence-corrected chi connectivity index (χ1v) is 17.2. The van der Waals surface area contributed by atoms with Crippen LogP contribution in [-0.2, 0) is 34.2 Å². The fraction of sp³-hybridized carbons (Fsp3) is 0.400. The van der Waals surface area contributed by atoms with Gasteiger partial charge >= 0.3 is 5.97 Å². The topological polar surface area (TPSA) is 169 Å². The van der Waals surface area contributed by atoms with Crippen LogP contribution in [0.15, 0.2) is 96.0 Å². The van der Waals surface area contributed by atoms with Crippen molar-refractivity contribution in [2.75, 3.05) is 0 Å². The molecule has 5 N–H and O–H groups in total. The number of carbonyl (C=O) groups excluding carboxylic acids is 5. The number of esters is 1. The van der Waals surface area contributed by atoms with Crippen LogP contribution in [0.1, 0.15) is 78.0 Å². The largest absolute Gasteiger partial charge is 0.458 e. The number of carbonyl (C=O) groups is 5. The van der Waals surface area contributed by atoms with Crippen LogP contribution in [0.2, 0.25) is 0 Å². The summed E-state index contributed by atoms with van der Waals surface area (Å²) in [6.45, 7) is 11.9. The summed E-state index contributed by atoms with van der Waals surface area (Å²) >= 11 is 0. The van der Waals surface area contributed by atoms with Crippen molar-refractivity contribution in [3.8, 4) is 0 Å². The fourth-order valence-corrected chi connectivity index (χ4v) is 5.47. The van der Waals surface area contributed by atoms with Gasteiger partial charge in [-0.2, -0.15) is 0 Å². The Labute approximate surface area is 300 Å². The molecule has 0 fully saturated rings. The second kappa shape index (κ2) is 18.2. The molecule has 0 aliphatic rings. The number of hydrogen-bond acceptors (Lipinski definition) is 7. The molecule has 51 heavy (non-hydrogen) atoms. The second-order valence-electron chi connectivity index (χ2n) is 14.1. The van der Waals surface area contributed by atoms with Crippen LogP contribution in [-0.4, -0.2) is 59.5 Å². The maximum atomic E-state index is 14.3. The van der Waals surface area contributed by atoms with Gasteiger partial charge in [0.05, 0.1) is 12.0 Å². The van der Waals surface area contributed by atoms with E-state index in [9.17, 15) is 24.0 Å². The number of benzene rings is 3. The first-order valence-electron chi connectivity index (χ1n) is 17.2. The van der Waals surface area contributed by atoms with Gasteiger partial charge in [-0.1, -0.05) is 105 Å². The summed E-state index contributed by atoms with van der Waals surface area (Å²) in [7, 11) is 0. The average Bonchev–Trinajstić information content (AvgIpc) is 3.08. The average molecular weight is 698 g/mol. The third-order valence-corrected chi connectivity index (χ3v) is 7.93. The highest BCUT2D eigenvalue weighted by Crippen LogP contribution is 2.37. The SMILES string of the molecule is CC(C)C[C@H](NC(=O)C(/C=N/C(=O)[C@H](C)NC(=O)[C@H](C)N)CC(=O)NC(c1ccccc1)(c1ccccc1)c1ccccc1)C(=O)OC(C)(C)C. The molecular weight excluding hydrogens is 646 g/mol. The van der Waals surface area contributed by atoms with Crippen LogP contribution >= 0.6 is 0 Å². The molecule has 4 atom stereocenters. The molecule has 0 bridgehead atoms. The summed E-state index contributed by atoms with van der Waals surface area (Å²) in [4.78, 5) is 70.5. The molecule has 0 saturated heterocycles. The van der Waals surface area contributed by atoms with E-state index in [4.69, 9.17) is 10.5 Å². The first kappa shape index (κ1) is 40.3.